The predicted molar refractivity (Wildman–Crippen MR) is 177 cm³/mol. The number of nitrogens with one attached hydrogen (secondary N) is 1. The number of hydrogen-bond donors (Lipinski definition) is 1. The number of nitrogens with zero attached hydrogens (tertiary/aromatic N) is 2. The number of rotatable bonds is 15. The second kappa shape index (κ2) is 16.0. The number of hydrogen-bond acceptors (Lipinski definition) is 5. The van der Waals surface area contributed by atoms with Crippen molar-refractivity contribution in [1.29, 1.82) is 0 Å². The molecule has 4 aromatic rings. The summed E-state index contributed by atoms with van der Waals surface area (Å²) >= 11 is 0. The molecule has 4 aromatic carbocycles. The number of carbonyl (C=O) groups excluding carboxylic acids is 2. The van der Waals surface area contributed by atoms with Crippen molar-refractivity contribution in [2.75, 3.05) is 17.5 Å². The van der Waals surface area contributed by atoms with Crippen LogP contribution in [0.3, 0.4) is 0 Å². The van der Waals surface area contributed by atoms with Gasteiger partial charge in [0.1, 0.15) is 24.2 Å². The van der Waals surface area contributed by atoms with Crippen molar-refractivity contribution in [1.82, 2.24) is 10.2 Å². The maximum atomic E-state index is 14.5. The zero-order valence-corrected chi connectivity index (χ0v) is 27.1. The molecule has 10 heteroatoms. The highest BCUT2D eigenvalue weighted by atomic mass is 32.2. The highest BCUT2D eigenvalue weighted by Crippen LogP contribution is 2.26. The second-order valence-corrected chi connectivity index (χ2v) is 12.8. The minimum absolute atomic E-state index is 0.0203. The van der Waals surface area contributed by atoms with Crippen LogP contribution in [0.15, 0.2) is 114 Å². The molecule has 8 nitrogen and oxygen atoms in total. The third-order valence-corrected chi connectivity index (χ3v) is 9.37. The number of ether oxygens (including phenoxy) is 1. The highest BCUT2D eigenvalue weighted by molar-refractivity contribution is 7.92. The van der Waals surface area contributed by atoms with Crippen molar-refractivity contribution in [3.63, 3.8) is 0 Å². The van der Waals surface area contributed by atoms with Gasteiger partial charge in [0.2, 0.25) is 11.8 Å². The molecule has 0 aliphatic rings. The molecule has 0 saturated heterocycles. The average Bonchev–Trinajstić information content (AvgIpc) is 3.07. The summed E-state index contributed by atoms with van der Waals surface area (Å²) in [7, 11) is -4.24. The van der Waals surface area contributed by atoms with Crippen LogP contribution in [0.4, 0.5) is 10.1 Å². The number of carbonyl (C=O) groups is 2. The number of amides is 2. The van der Waals surface area contributed by atoms with Gasteiger partial charge in [0, 0.05) is 19.0 Å². The molecule has 46 heavy (non-hydrogen) atoms. The Morgan fingerprint density at radius 3 is 2.02 bits per heavy atom. The summed E-state index contributed by atoms with van der Waals surface area (Å²) in [6, 6.07) is 28.2. The van der Waals surface area contributed by atoms with Crippen LogP contribution in [-0.4, -0.2) is 50.4 Å². The van der Waals surface area contributed by atoms with Gasteiger partial charge in [-0.25, -0.2) is 12.8 Å². The van der Waals surface area contributed by atoms with Crippen molar-refractivity contribution in [3.05, 3.63) is 126 Å². The zero-order valence-electron chi connectivity index (χ0n) is 26.3. The minimum Gasteiger partial charge on any atom is -0.494 e. The molecule has 0 radical (unpaired) electrons. The molecule has 242 valence electrons. The van der Waals surface area contributed by atoms with E-state index in [1.54, 1.807) is 54.6 Å². The largest absolute Gasteiger partial charge is 0.494 e. The Labute approximate surface area is 270 Å². The Morgan fingerprint density at radius 1 is 0.826 bits per heavy atom. The fraction of sp³-hybridized carbons (Fsp3) is 0.278. The molecule has 0 spiro atoms. The maximum Gasteiger partial charge on any atom is 0.264 e. The van der Waals surface area contributed by atoms with E-state index in [-0.39, 0.29) is 35.5 Å². The summed E-state index contributed by atoms with van der Waals surface area (Å²) in [5.74, 6) is -0.878. The smallest absolute Gasteiger partial charge is 0.264 e. The van der Waals surface area contributed by atoms with Gasteiger partial charge >= 0.3 is 0 Å². The van der Waals surface area contributed by atoms with E-state index in [1.165, 1.54) is 29.2 Å². The summed E-state index contributed by atoms with van der Waals surface area (Å²) in [6.07, 6.45) is 0.866. The summed E-state index contributed by atoms with van der Waals surface area (Å²) in [5, 5.41) is 3.00. The monoisotopic (exact) mass is 645 g/mol. The third-order valence-electron chi connectivity index (χ3n) is 7.58. The zero-order chi connectivity index (χ0) is 33.1. The predicted octanol–water partition coefficient (Wildman–Crippen LogP) is 5.97. The van der Waals surface area contributed by atoms with E-state index in [4.69, 9.17) is 4.74 Å². The van der Waals surface area contributed by atoms with Crippen LogP contribution in [0.5, 0.6) is 5.75 Å². The van der Waals surface area contributed by atoms with E-state index in [0.29, 0.717) is 24.3 Å². The van der Waals surface area contributed by atoms with Gasteiger partial charge in [-0.05, 0) is 79.9 Å². The maximum absolute atomic E-state index is 14.5. The number of halogens is 1. The first kappa shape index (κ1) is 34.2. The Balaban J connectivity index is 1.77. The summed E-state index contributed by atoms with van der Waals surface area (Å²) < 4.78 is 48.6. The van der Waals surface area contributed by atoms with Gasteiger partial charge in [-0.3, -0.25) is 13.9 Å². The quantitative estimate of drug-likeness (QED) is 0.172. The van der Waals surface area contributed by atoms with Gasteiger partial charge in [-0.15, -0.1) is 0 Å². The van der Waals surface area contributed by atoms with Gasteiger partial charge < -0.3 is 15.0 Å². The second-order valence-electron chi connectivity index (χ2n) is 10.9. The molecule has 2 amide bonds. The first-order valence-corrected chi connectivity index (χ1v) is 16.7. The van der Waals surface area contributed by atoms with Crippen LogP contribution >= 0.6 is 0 Å². The van der Waals surface area contributed by atoms with E-state index in [9.17, 15) is 22.4 Å². The molecule has 0 heterocycles. The third kappa shape index (κ3) is 8.94. The molecule has 4 rings (SSSR count). The van der Waals surface area contributed by atoms with Crippen LogP contribution in [0.1, 0.15) is 38.3 Å². The highest BCUT2D eigenvalue weighted by Gasteiger charge is 2.35. The van der Waals surface area contributed by atoms with E-state index in [0.717, 1.165) is 9.87 Å². The Kier molecular flexibility index (Phi) is 11.9. The standard InChI is InChI=1S/C36H40FN3O5S/c1-4-27(3)38-36(42)34(24-28-12-8-6-9-13-28)39(25-29-16-18-30(37)19-17-29)35(41)26-40(31-14-10-7-11-15-31)46(43,44)33-22-20-32(21-23-33)45-5-2/h6-23,27,34H,4-5,24-26H2,1-3H3,(H,38,42). The van der Waals surface area contributed by atoms with Crippen molar-refractivity contribution in [2.24, 2.45) is 0 Å². The van der Waals surface area contributed by atoms with Gasteiger partial charge in [0.05, 0.1) is 17.2 Å². The van der Waals surface area contributed by atoms with Gasteiger partial charge in [-0.2, -0.15) is 0 Å². The van der Waals surface area contributed by atoms with Gasteiger partial charge in [-0.1, -0.05) is 67.6 Å². The first-order valence-electron chi connectivity index (χ1n) is 15.3. The Hall–Kier alpha value is -4.70. The fourth-order valence-corrected chi connectivity index (χ4v) is 6.32. The SMILES string of the molecule is CCOc1ccc(S(=O)(=O)N(CC(=O)N(Cc2ccc(F)cc2)C(Cc2ccccc2)C(=O)NC(C)CC)c2ccccc2)cc1. The van der Waals surface area contributed by atoms with Gasteiger partial charge in [0.15, 0.2) is 0 Å². The number of sulfonamides is 1. The molecule has 0 bridgehead atoms. The van der Waals surface area contributed by atoms with Crippen molar-refractivity contribution in [2.45, 2.75) is 57.1 Å². The van der Waals surface area contributed by atoms with E-state index >= 15 is 0 Å². The lowest BCUT2D eigenvalue weighted by molar-refractivity contribution is -0.140. The molecule has 0 fully saturated rings. The minimum atomic E-state index is -4.24. The van der Waals surface area contributed by atoms with Crippen molar-refractivity contribution >= 4 is 27.5 Å². The molecular weight excluding hydrogens is 605 g/mol. The van der Waals surface area contributed by atoms with Crippen LogP contribution in [0, 0.1) is 5.82 Å². The summed E-state index contributed by atoms with van der Waals surface area (Å²) in [6.45, 7) is 5.46. The molecule has 0 aromatic heterocycles. The molecule has 2 unspecified atom stereocenters. The number of para-hydroxylation sites is 1. The van der Waals surface area contributed by atoms with E-state index in [2.05, 4.69) is 5.32 Å². The lowest BCUT2D eigenvalue weighted by Gasteiger charge is -2.34. The van der Waals surface area contributed by atoms with Crippen LogP contribution < -0.4 is 14.4 Å². The Morgan fingerprint density at radius 2 is 1.43 bits per heavy atom. The van der Waals surface area contributed by atoms with E-state index < -0.39 is 34.3 Å². The van der Waals surface area contributed by atoms with Crippen molar-refractivity contribution < 1.29 is 27.1 Å². The lowest BCUT2D eigenvalue weighted by atomic mass is 10.0. The van der Waals surface area contributed by atoms with E-state index in [1.807, 2.05) is 51.1 Å². The molecule has 1 N–H and O–H groups in total. The topological polar surface area (TPSA) is 96.0 Å². The molecular formula is C36H40FN3O5S. The molecule has 0 aliphatic heterocycles. The molecule has 0 saturated carbocycles. The van der Waals surface area contributed by atoms with Crippen LogP contribution in [0.2, 0.25) is 0 Å². The first-order chi connectivity index (χ1) is 22.1. The molecule has 2 atom stereocenters. The number of benzene rings is 4. The number of anilines is 1. The van der Waals surface area contributed by atoms with Crippen LogP contribution in [0.25, 0.3) is 0 Å². The molecule has 0 aliphatic carbocycles. The summed E-state index contributed by atoms with van der Waals surface area (Å²) in [5.41, 5.74) is 1.70. The summed E-state index contributed by atoms with van der Waals surface area (Å²) in [4.78, 5) is 29.7. The average molecular weight is 646 g/mol. The lowest BCUT2D eigenvalue weighted by Crippen LogP contribution is -2.54. The Bertz CT molecular complexity index is 1670. The van der Waals surface area contributed by atoms with Gasteiger partial charge in [0.25, 0.3) is 10.0 Å². The normalized spacial score (nSPS) is 12.5. The van der Waals surface area contributed by atoms with Crippen LogP contribution in [-0.2, 0) is 32.6 Å². The fourth-order valence-electron chi connectivity index (χ4n) is 4.91. The van der Waals surface area contributed by atoms with Crippen molar-refractivity contribution in [3.8, 4) is 5.75 Å².